The van der Waals surface area contributed by atoms with E-state index in [1.807, 2.05) is 23.7 Å². The molecule has 2 saturated carbocycles. The van der Waals surface area contributed by atoms with Crippen LogP contribution in [0.5, 0.6) is 0 Å². The fourth-order valence-electron chi connectivity index (χ4n) is 3.34. The van der Waals surface area contributed by atoms with Gasteiger partial charge in [-0.05, 0) is 37.9 Å². The molecule has 0 bridgehead atoms. The van der Waals surface area contributed by atoms with Gasteiger partial charge in [-0.1, -0.05) is 13.3 Å². The van der Waals surface area contributed by atoms with E-state index < -0.39 is 11.4 Å². The van der Waals surface area contributed by atoms with Crippen molar-refractivity contribution in [1.29, 1.82) is 0 Å². The number of hydrogen-bond donors (Lipinski definition) is 1. The number of thioether (sulfide) groups is 1. The van der Waals surface area contributed by atoms with Gasteiger partial charge in [-0.15, -0.1) is 0 Å². The average molecular weight is 299 g/mol. The zero-order chi connectivity index (χ0) is 14.8. The topological polar surface area (TPSA) is 57.6 Å². The van der Waals surface area contributed by atoms with Crippen LogP contribution in [0.2, 0.25) is 0 Å². The Bertz CT molecular complexity index is 381. The molecule has 0 heterocycles. The fourth-order valence-corrected chi connectivity index (χ4v) is 4.48. The van der Waals surface area contributed by atoms with Gasteiger partial charge in [-0.25, -0.2) is 0 Å². The van der Waals surface area contributed by atoms with Gasteiger partial charge in [0.05, 0.1) is 5.41 Å². The summed E-state index contributed by atoms with van der Waals surface area (Å²) < 4.78 is 0. The Kier molecular flexibility index (Phi) is 4.99. The van der Waals surface area contributed by atoms with Crippen LogP contribution in [0, 0.1) is 5.41 Å². The molecule has 0 spiro atoms. The summed E-state index contributed by atoms with van der Waals surface area (Å²) in [6.07, 6.45) is 5.70. The minimum atomic E-state index is -0.795. The molecule has 0 aromatic heterocycles. The number of carboxylic acid groups (broad SMARTS) is 1. The van der Waals surface area contributed by atoms with Gasteiger partial charge in [0.2, 0.25) is 5.91 Å². The van der Waals surface area contributed by atoms with Gasteiger partial charge < -0.3 is 10.0 Å². The highest BCUT2D eigenvalue weighted by molar-refractivity contribution is 7.99. The molecule has 5 heteroatoms. The van der Waals surface area contributed by atoms with E-state index in [-0.39, 0.29) is 12.3 Å². The number of rotatable bonds is 6. The molecule has 0 aromatic rings. The monoisotopic (exact) mass is 299 g/mol. The number of carboxylic acids is 1. The minimum Gasteiger partial charge on any atom is -0.481 e. The maximum Gasteiger partial charge on any atom is 0.310 e. The van der Waals surface area contributed by atoms with Crippen molar-refractivity contribution in [2.45, 2.75) is 63.2 Å². The Labute approximate surface area is 125 Å². The molecule has 114 valence electrons. The number of aliphatic carboxylic acids is 1. The molecule has 2 fully saturated rings. The summed E-state index contributed by atoms with van der Waals surface area (Å²) in [5, 5.41) is 9.98. The van der Waals surface area contributed by atoms with E-state index in [0.29, 0.717) is 24.1 Å². The van der Waals surface area contributed by atoms with Crippen molar-refractivity contribution < 1.29 is 14.7 Å². The normalized spacial score (nSPS) is 27.9. The number of carbonyl (C=O) groups excluding carboxylic acids is 1. The van der Waals surface area contributed by atoms with Crippen LogP contribution >= 0.6 is 11.8 Å². The smallest absolute Gasteiger partial charge is 0.310 e. The molecular weight excluding hydrogens is 274 g/mol. The number of hydrogen-bond acceptors (Lipinski definition) is 3. The zero-order valence-electron chi connectivity index (χ0n) is 12.4. The predicted octanol–water partition coefficient (Wildman–Crippen LogP) is 2.76. The molecule has 4 nitrogen and oxygen atoms in total. The van der Waals surface area contributed by atoms with E-state index >= 15 is 0 Å². The molecule has 0 radical (unpaired) electrons. The molecule has 20 heavy (non-hydrogen) atoms. The SMILES string of the molecule is CCSC1CCC(N(C)C(=O)CC2(C(=O)O)CCC2)C1. The van der Waals surface area contributed by atoms with Crippen molar-refractivity contribution >= 4 is 23.6 Å². The van der Waals surface area contributed by atoms with Gasteiger partial charge >= 0.3 is 5.97 Å². The average Bonchev–Trinajstić information content (AvgIpc) is 2.81. The first-order valence-electron chi connectivity index (χ1n) is 7.59. The van der Waals surface area contributed by atoms with Crippen LogP contribution in [-0.2, 0) is 9.59 Å². The minimum absolute atomic E-state index is 0.0132. The molecule has 2 aliphatic carbocycles. The van der Waals surface area contributed by atoms with Crippen LogP contribution in [0.25, 0.3) is 0 Å². The van der Waals surface area contributed by atoms with E-state index in [9.17, 15) is 14.7 Å². The first-order chi connectivity index (χ1) is 9.48. The maximum absolute atomic E-state index is 12.4. The standard InChI is InChI=1S/C15H25NO3S/c1-3-20-12-6-5-11(9-12)16(2)13(17)10-15(14(18)19)7-4-8-15/h11-12H,3-10H2,1-2H3,(H,18,19). The van der Waals surface area contributed by atoms with Crippen LogP contribution < -0.4 is 0 Å². The molecule has 0 saturated heterocycles. The second-order valence-corrected chi connectivity index (χ2v) is 7.74. The van der Waals surface area contributed by atoms with Crippen molar-refractivity contribution in [3.63, 3.8) is 0 Å². The first kappa shape index (κ1) is 15.7. The van der Waals surface area contributed by atoms with Gasteiger partial charge in [-0.3, -0.25) is 9.59 Å². The van der Waals surface area contributed by atoms with Crippen LogP contribution in [-0.4, -0.2) is 46.0 Å². The van der Waals surface area contributed by atoms with E-state index in [1.54, 1.807) is 0 Å². The summed E-state index contributed by atoms with van der Waals surface area (Å²) >= 11 is 1.97. The van der Waals surface area contributed by atoms with Crippen LogP contribution in [0.3, 0.4) is 0 Å². The molecule has 0 aliphatic heterocycles. The van der Waals surface area contributed by atoms with Crippen LogP contribution in [0.1, 0.15) is 51.9 Å². The lowest BCUT2D eigenvalue weighted by molar-refractivity contribution is -0.159. The number of amides is 1. The summed E-state index contributed by atoms with van der Waals surface area (Å²) in [5.41, 5.74) is -0.762. The summed E-state index contributed by atoms with van der Waals surface area (Å²) in [6.45, 7) is 2.17. The molecule has 2 unspecified atom stereocenters. The van der Waals surface area contributed by atoms with Crippen molar-refractivity contribution in [2.75, 3.05) is 12.8 Å². The van der Waals surface area contributed by atoms with Crippen molar-refractivity contribution in [2.24, 2.45) is 5.41 Å². The van der Waals surface area contributed by atoms with Crippen molar-refractivity contribution in [3.05, 3.63) is 0 Å². The highest BCUT2D eigenvalue weighted by Crippen LogP contribution is 2.45. The van der Waals surface area contributed by atoms with E-state index in [4.69, 9.17) is 0 Å². The lowest BCUT2D eigenvalue weighted by Gasteiger charge is -2.38. The Morgan fingerprint density at radius 1 is 1.35 bits per heavy atom. The number of nitrogens with zero attached hydrogens (tertiary/aromatic N) is 1. The molecule has 1 N–H and O–H groups in total. The molecule has 2 atom stereocenters. The first-order valence-corrected chi connectivity index (χ1v) is 8.64. The molecular formula is C15H25NO3S. The lowest BCUT2D eigenvalue weighted by atomic mass is 9.66. The molecule has 2 aliphatic rings. The lowest BCUT2D eigenvalue weighted by Crippen LogP contribution is -2.45. The second-order valence-electron chi connectivity index (χ2n) is 6.16. The van der Waals surface area contributed by atoms with E-state index in [0.717, 1.165) is 25.0 Å². The van der Waals surface area contributed by atoms with Gasteiger partial charge in [0.25, 0.3) is 0 Å². The quantitative estimate of drug-likeness (QED) is 0.819. The third-order valence-corrected chi connectivity index (χ3v) is 6.19. The third kappa shape index (κ3) is 3.13. The summed E-state index contributed by atoms with van der Waals surface area (Å²) in [7, 11) is 1.85. The fraction of sp³-hybridized carbons (Fsp3) is 0.867. The molecule has 0 aromatic carbocycles. The van der Waals surface area contributed by atoms with E-state index in [1.165, 1.54) is 6.42 Å². The summed E-state index contributed by atoms with van der Waals surface area (Å²) in [6, 6.07) is 0.303. The zero-order valence-corrected chi connectivity index (χ0v) is 13.2. The Hall–Kier alpha value is -0.710. The molecule has 1 amide bonds. The highest BCUT2D eigenvalue weighted by Gasteiger charge is 2.47. The van der Waals surface area contributed by atoms with Crippen LogP contribution in [0.4, 0.5) is 0 Å². The Morgan fingerprint density at radius 3 is 2.55 bits per heavy atom. The Morgan fingerprint density at radius 2 is 2.05 bits per heavy atom. The van der Waals surface area contributed by atoms with Gasteiger partial charge in [0.1, 0.15) is 0 Å². The molecule has 2 rings (SSSR count). The van der Waals surface area contributed by atoms with E-state index in [2.05, 4.69) is 6.92 Å². The largest absolute Gasteiger partial charge is 0.481 e. The maximum atomic E-state index is 12.4. The van der Waals surface area contributed by atoms with Crippen molar-refractivity contribution in [3.8, 4) is 0 Å². The predicted molar refractivity (Wildman–Crippen MR) is 80.9 cm³/mol. The Balaban J connectivity index is 1.88. The van der Waals surface area contributed by atoms with Gasteiger partial charge in [0.15, 0.2) is 0 Å². The van der Waals surface area contributed by atoms with Gasteiger partial charge in [-0.2, -0.15) is 11.8 Å². The summed E-state index contributed by atoms with van der Waals surface area (Å²) in [4.78, 5) is 25.5. The van der Waals surface area contributed by atoms with Crippen LogP contribution in [0.15, 0.2) is 0 Å². The summed E-state index contributed by atoms with van der Waals surface area (Å²) in [5.74, 6) is 0.340. The second kappa shape index (κ2) is 6.37. The highest BCUT2D eigenvalue weighted by atomic mass is 32.2. The van der Waals surface area contributed by atoms with Gasteiger partial charge in [0, 0.05) is 24.8 Å². The number of carbonyl (C=O) groups is 2. The van der Waals surface area contributed by atoms with Crippen molar-refractivity contribution in [1.82, 2.24) is 4.90 Å². The third-order valence-electron chi connectivity index (χ3n) is 4.95.